The van der Waals surface area contributed by atoms with Crippen LogP contribution >= 0.6 is 0 Å². The van der Waals surface area contributed by atoms with Crippen LogP contribution in [0.4, 0.5) is 5.69 Å². The minimum absolute atomic E-state index is 0.0342. The molecule has 0 aliphatic carbocycles. The lowest BCUT2D eigenvalue weighted by molar-refractivity contribution is -0.118. The van der Waals surface area contributed by atoms with Crippen LogP contribution in [-0.4, -0.2) is 43.4 Å². The Hall–Kier alpha value is -2.58. The number of nitrogens with one attached hydrogen (secondary N) is 1. The predicted molar refractivity (Wildman–Crippen MR) is 96.7 cm³/mol. The molecule has 0 atom stereocenters. The highest BCUT2D eigenvalue weighted by Crippen LogP contribution is 2.29. The quantitative estimate of drug-likeness (QED) is 0.754. The predicted octanol–water partition coefficient (Wildman–Crippen LogP) is 2.19. The standard InChI is InChI=1S/C18H20N2O5S/c21-17-9-8-15(26(23,24)20-10-4-5-11-20)12-16(17)19-18(22)13-25-14-6-2-1-3-7-14/h1-3,6-9,12,21H,4-5,10-11,13H2,(H,19,22). The van der Waals surface area contributed by atoms with Gasteiger partial charge in [0.1, 0.15) is 11.5 Å². The van der Waals surface area contributed by atoms with E-state index in [-0.39, 0.29) is 22.9 Å². The van der Waals surface area contributed by atoms with Gasteiger partial charge in [-0.3, -0.25) is 4.79 Å². The van der Waals surface area contributed by atoms with Gasteiger partial charge in [0.25, 0.3) is 5.91 Å². The zero-order valence-corrected chi connectivity index (χ0v) is 14.9. The largest absolute Gasteiger partial charge is 0.506 e. The minimum atomic E-state index is -3.63. The molecule has 1 aliphatic heterocycles. The molecular formula is C18H20N2O5S. The summed E-state index contributed by atoms with van der Waals surface area (Å²) < 4.78 is 31.9. The molecule has 1 fully saturated rings. The molecule has 1 heterocycles. The Balaban J connectivity index is 1.70. The van der Waals surface area contributed by atoms with Crippen molar-refractivity contribution >= 4 is 21.6 Å². The number of amides is 1. The third-order valence-corrected chi connectivity index (χ3v) is 5.95. The van der Waals surface area contributed by atoms with Gasteiger partial charge in [0.15, 0.2) is 6.61 Å². The summed E-state index contributed by atoms with van der Waals surface area (Å²) in [4.78, 5) is 12.1. The van der Waals surface area contributed by atoms with E-state index in [4.69, 9.17) is 4.74 Å². The second-order valence-electron chi connectivity index (χ2n) is 5.94. The van der Waals surface area contributed by atoms with Crippen LogP contribution in [0.2, 0.25) is 0 Å². The molecule has 1 amide bonds. The molecule has 8 heteroatoms. The normalized spacial score (nSPS) is 14.9. The van der Waals surface area contributed by atoms with Crippen molar-refractivity contribution in [2.45, 2.75) is 17.7 Å². The third-order valence-electron chi connectivity index (χ3n) is 4.06. The van der Waals surface area contributed by atoms with E-state index in [1.165, 1.54) is 22.5 Å². The Labute approximate surface area is 152 Å². The summed E-state index contributed by atoms with van der Waals surface area (Å²) in [6.07, 6.45) is 1.66. The molecule has 7 nitrogen and oxygen atoms in total. The van der Waals surface area contributed by atoms with Gasteiger partial charge < -0.3 is 15.2 Å². The molecule has 0 bridgehead atoms. The number of phenols is 1. The van der Waals surface area contributed by atoms with Crippen LogP contribution in [0.3, 0.4) is 0 Å². The SMILES string of the molecule is O=C(COc1ccccc1)Nc1cc(S(=O)(=O)N2CCCC2)ccc1O. The van der Waals surface area contributed by atoms with Gasteiger partial charge in [0.2, 0.25) is 10.0 Å². The summed E-state index contributed by atoms with van der Waals surface area (Å²) in [5.41, 5.74) is 0.0342. The van der Waals surface area contributed by atoms with E-state index in [0.29, 0.717) is 18.8 Å². The van der Waals surface area contributed by atoms with Gasteiger partial charge in [-0.2, -0.15) is 4.31 Å². The minimum Gasteiger partial charge on any atom is -0.506 e. The topological polar surface area (TPSA) is 95.9 Å². The molecule has 0 saturated carbocycles. The second-order valence-corrected chi connectivity index (χ2v) is 7.88. The number of phenolic OH excluding ortho intramolecular Hbond substituents is 1. The van der Waals surface area contributed by atoms with Crippen molar-refractivity contribution < 1.29 is 23.1 Å². The maximum absolute atomic E-state index is 12.6. The van der Waals surface area contributed by atoms with Gasteiger partial charge in [0.05, 0.1) is 10.6 Å². The molecule has 26 heavy (non-hydrogen) atoms. The smallest absolute Gasteiger partial charge is 0.262 e. The van der Waals surface area contributed by atoms with Crippen molar-refractivity contribution in [2.24, 2.45) is 0 Å². The first-order chi connectivity index (χ1) is 12.5. The van der Waals surface area contributed by atoms with E-state index < -0.39 is 15.9 Å². The molecule has 2 aromatic rings. The maximum Gasteiger partial charge on any atom is 0.262 e. The van der Waals surface area contributed by atoms with Crippen molar-refractivity contribution in [3.8, 4) is 11.5 Å². The Morgan fingerprint density at radius 1 is 1.12 bits per heavy atom. The lowest BCUT2D eigenvalue weighted by Gasteiger charge is -2.16. The van der Waals surface area contributed by atoms with Crippen molar-refractivity contribution in [2.75, 3.05) is 25.0 Å². The number of carbonyl (C=O) groups excluding carboxylic acids is 1. The van der Waals surface area contributed by atoms with Crippen LogP contribution in [0.15, 0.2) is 53.4 Å². The first-order valence-electron chi connectivity index (χ1n) is 8.28. The number of benzene rings is 2. The van der Waals surface area contributed by atoms with Crippen molar-refractivity contribution in [1.29, 1.82) is 0 Å². The number of ether oxygens (including phenoxy) is 1. The number of carbonyl (C=O) groups is 1. The van der Waals surface area contributed by atoms with E-state index in [1.54, 1.807) is 24.3 Å². The fourth-order valence-electron chi connectivity index (χ4n) is 2.71. The zero-order chi connectivity index (χ0) is 18.6. The van der Waals surface area contributed by atoms with Crippen LogP contribution in [-0.2, 0) is 14.8 Å². The number of sulfonamides is 1. The second kappa shape index (κ2) is 7.76. The average molecular weight is 376 g/mol. The van der Waals surface area contributed by atoms with Gasteiger partial charge in [-0.15, -0.1) is 0 Å². The number of hydrogen-bond donors (Lipinski definition) is 2. The van der Waals surface area contributed by atoms with Gasteiger partial charge in [-0.25, -0.2) is 8.42 Å². The van der Waals surface area contributed by atoms with Crippen LogP contribution in [0.25, 0.3) is 0 Å². The average Bonchev–Trinajstić information content (AvgIpc) is 3.18. The summed E-state index contributed by atoms with van der Waals surface area (Å²) in [6, 6.07) is 12.7. The maximum atomic E-state index is 12.6. The van der Waals surface area contributed by atoms with Crippen LogP contribution in [0, 0.1) is 0 Å². The highest BCUT2D eigenvalue weighted by molar-refractivity contribution is 7.89. The molecule has 0 aromatic heterocycles. The third kappa shape index (κ3) is 4.14. The Morgan fingerprint density at radius 2 is 1.81 bits per heavy atom. The van der Waals surface area contributed by atoms with Crippen LogP contribution in [0.5, 0.6) is 11.5 Å². The van der Waals surface area contributed by atoms with E-state index >= 15 is 0 Å². The highest BCUT2D eigenvalue weighted by Gasteiger charge is 2.27. The monoisotopic (exact) mass is 376 g/mol. The lowest BCUT2D eigenvalue weighted by Crippen LogP contribution is -2.28. The Morgan fingerprint density at radius 3 is 2.50 bits per heavy atom. The number of para-hydroxylation sites is 1. The molecule has 3 rings (SSSR count). The summed E-state index contributed by atoms with van der Waals surface area (Å²) >= 11 is 0. The Bertz CT molecular complexity index is 878. The van der Waals surface area contributed by atoms with E-state index in [2.05, 4.69) is 5.32 Å². The number of hydrogen-bond acceptors (Lipinski definition) is 5. The molecule has 138 valence electrons. The molecule has 1 saturated heterocycles. The molecule has 2 N–H and O–H groups in total. The highest BCUT2D eigenvalue weighted by atomic mass is 32.2. The van der Waals surface area contributed by atoms with Gasteiger partial charge in [-0.1, -0.05) is 18.2 Å². The van der Waals surface area contributed by atoms with Gasteiger partial charge in [0, 0.05) is 13.1 Å². The first-order valence-corrected chi connectivity index (χ1v) is 9.72. The summed E-state index contributed by atoms with van der Waals surface area (Å²) in [7, 11) is -3.63. The van der Waals surface area contributed by atoms with Gasteiger partial charge in [-0.05, 0) is 43.2 Å². The van der Waals surface area contributed by atoms with Crippen LogP contribution < -0.4 is 10.1 Å². The fourth-order valence-corrected chi connectivity index (χ4v) is 4.25. The number of aromatic hydroxyl groups is 1. The van der Waals surface area contributed by atoms with E-state index in [0.717, 1.165) is 12.8 Å². The van der Waals surface area contributed by atoms with Gasteiger partial charge >= 0.3 is 0 Å². The lowest BCUT2D eigenvalue weighted by atomic mass is 10.3. The molecular weight excluding hydrogens is 356 g/mol. The van der Waals surface area contributed by atoms with E-state index in [1.807, 2.05) is 6.07 Å². The summed E-state index contributed by atoms with van der Waals surface area (Å²) in [6.45, 7) is 0.707. The first kappa shape index (κ1) is 18.2. The molecule has 0 radical (unpaired) electrons. The number of nitrogens with zero attached hydrogens (tertiary/aromatic N) is 1. The Kier molecular flexibility index (Phi) is 5.43. The molecule has 2 aromatic carbocycles. The molecule has 0 spiro atoms. The van der Waals surface area contributed by atoms with Crippen molar-refractivity contribution in [3.05, 3.63) is 48.5 Å². The molecule has 0 unspecified atom stereocenters. The van der Waals surface area contributed by atoms with Crippen LogP contribution in [0.1, 0.15) is 12.8 Å². The fraction of sp³-hybridized carbons (Fsp3) is 0.278. The number of rotatable bonds is 6. The summed E-state index contributed by atoms with van der Waals surface area (Å²) in [5, 5.41) is 12.4. The number of anilines is 1. The summed E-state index contributed by atoms with van der Waals surface area (Å²) in [5.74, 6) is -0.171. The zero-order valence-electron chi connectivity index (χ0n) is 14.1. The van der Waals surface area contributed by atoms with Crippen molar-refractivity contribution in [3.63, 3.8) is 0 Å². The van der Waals surface area contributed by atoms with Crippen molar-refractivity contribution in [1.82, 2.24) is 4.31 Å². The van der Waals surface area contributed by atoms with E-state index in [9.17, 15) is 18.3 Å². The molecule has 1 aliphatic rings.